The molecule has 13 heavy (non-hydrogen) atoms. The zero-order valence-corrected chi connectivity index (χ0v) is 10.8. The molecule has 1 aromatic rings. The first-order valence-electron chi connectivity index (χ1n) is 2.96. The van der Waals surface area contributed by atoms with Crippen LogP contribution in [0.2, 0.25) is 5.02 Å². The first kappa shape index (κ1) is 13.6. The van der Waals surface area contributed by atoms with Gasteiger partial charge in [0, 0.05) is 7.11 Å². The second-order valence-corrected chi connectivity index (χ2v) is 3.21. The Morgan fingerprint density at radius 2 is 2.46 bits per heavy atom. The molecule has 0 amide bonds. The molecule has 0 spiro atoms. The van der Waals surface area contributed by atoms with Gasteiger partial charge in [-0.1, -0.05) is 11.6 Å². The number of methoxy groups -OCH3 is 1. The Hall–Kier alpha value is 0.570. The topological polar surface area (TPSA) is 67.2 Å². The van der Waals surface area contributed by atoms with E-state index in [1.165, 1.54) is 13.3 Å². The van der Waals surface area contributed by atoms with E-state index >= 15 is 0 Å². The quantitative estimate of drug-likeness (QED) is 0.423. The van der Waals surface area contributed by atoms with Crippen LogP contribution < -0.4 is 29.6 Å². The monoisotopic (exact) mass is 232 g/mol. The van der Waals surface area contributed by atoms with Gasteiger partial charge in [0.2, 0.25) is 0 Å². The van der Waals surface area contributed by atoms with Crippen LogP contribution in [0.4, 0.5) is 0 Å². The molecule has 0 aliphatic rings. The number of ether oxygens (including phenoxy) is 1. The van der Waals surface area contributed by atoms with E-state index < -0.39 is 11.1 Å². The smallest absolute Gasteiger partial charge is 0.767 e. The number of nitrogens with zero attached hydrogens (tertiary/aromatic N) is 2. The van der Waals surface area contributed by atoms with Gasteiger partial charge in [-0.3, -0.25) is 4.21 Å². The predicted molar refractivity (Wildman–Crippen MR) is 41.4 cm³/mol. The molecule has 0 aromatic carbocycles. The molecule has 0 N–H and O–H groups in total. The molecule has 0 bridgehead atoms. The fourth-order valence-corrected chi connectivity index (χ4v) is 1.55. The molecule has 1 unspecified atom stereocenters. The van der Waals surface area contributed by atoms with Crippen LogP contribution in [-0.4, -0.2) is 25.7 Å². The summed E-state index contributed by atoms with van der Waals surface area (Å²) >= 11 is 3.16. The number of rotatable bonds is 3. The van der Waals surface area contributed by atoms with Gasteiger partial charge in [0.15, 0.2) is 0 Å². The minimum Gasteiger partial charge on any atom is -0.767 e. The summed E-state index contributed by atoms with van der Waals surface area (Å²) in [6.07, 6.45) is 1.26. The molecular weight excluding hydrogens is 227 g/mol. The van der Waals surface area contributed by atoms with E-state index in [0.29, 0.717) is 0 Å². The maximum atomic E-state index is 10.6. The normalized spacial score (nSPS) is 12.2. The molecule has 1 rings (SSSR count). The van der Waals surface area contributed by atoms with Gasteiger partial charge in [-0.25, -0.2) is 4.68 Å². The number of halogens is 1. The fraction of sp³-hybridized carbons (Fsp3) is 0.400. The predicted octanol–water partition coefficient (Wildman–Crippen LogP) is -2.62. The second-order valence-electron chi connectivity index (χ2n) is 1.95. The molecule has 5 nitrogen and oxygen atoms in total. The number of hydrogen-bond acceptors (Lipinski definition) is 4. The number of hydrogen-bond donors (Lipinski definition) is 0. The average molecular weight is 233 g/mol. The molecule has 0 aliphatic carbocycles. The van der Waals surface area contributed by atoms with Crippen LogP contribution in [0.5, 0.6) is 0 Å². The first-order chi connectivity index (χ1) is 5.66. The molecule has 1 atom stereocenters. The Labute approximate surface area is 105 Å². The van der Waals surface area contributed by atoms with Gasteiger partial charge in [0.05, 0.1) is 11.2 Å². The van der Waals surface area contributed by atoms with Gasteiger partial charge in [-0.2, -0.15) is 5.10 Å². The zero-order valence-electron chi connectivity index (χ0n) is 7.19. The minimum atomic E-state index is -2.38. The Balaban J connectivity index is 0.00000144. The van der Waals surface area contributed by atoms with Crippen molar-refractivity contribution in [3.8, 4) is 0 Å². The van der Waals surface area contributed by atoms with Crippen molar-refractivity contribution in [2.24, 2.45) is 0 Å². The summed E-state index contributed by atoms with van der Waals surface area (Å²) in [6.45, 7) is 0.0655. The summed E-state index contributed by atoms with van der Waals surface area (Å²) in [5.74, 6) is 0. The maximum absolute atomic E-state index is 10.6. The molecular formula is C5H6ClN2NaO3S. The molecule has 0 saturated heterocycles. The standard InChI is InChI=1S/C5H7ClN2O3S.Na/c1-11-3-8-5(12(9)10)4(6)2-7-8;/h2H,3H2,1H3,(H,9,10);/q;+1/p-1. The van der Waals surface area contributed by atoms with Crippen molar-refractivity contribution < 1.29 is 43.1 Å². The van der Waals surface area contributed by atoms with Gasteiger partial charge >= 0.3 is 29.6 Å². The van der Waals surface area contributed by atoms with Crippen molar-refractivity contribution in [2.45, 2.75) is 11.8 Å². The van der Waals surface area contributed by atoms with Crippen LogP contribution in [0.25, 0.3) is 0 Å². The summed E-state index contributed by atoms with van der Waals surface area (Å²) in [4.78, 5) is 0. The molecule has 0 saturated carbocycles. The Kier molecular flexibility index (Phi) is 6.40. The molecule has 1 aromatic heterocycles. The Morgan fingerprint density at radius 3 is 2.92 bits per heavy atom. The summed E-state index contributed by atoms with van der Waals surface area (Å²) in [6, 6.07) is 0. The fourth-order valence-electron chi connectivity index (χ4n) is 0.731. The summed E-state index contributed by atoms with van der Waals surface area (Å²) in [5, 5.41) is 3.73. The van der Waals surface area contributed by atoms with Crippen molar-refractivity contribution in [3.05, 3.63) is 11.2 Å². The van der Waals surface area contributed by atoms with Gasteiger partial charge in [-0.15, -0.1) is 0 Å². The van der Waals surface area contributed by atoms with E-state index in [9.17, 15) is 8.76 Å². The van der Waals surface area contributed by atoms with E-state index in [1.807, 2.05) is 0 Å². The third-order valence-electron chi connectivity index (χ3n) is 1.16. The minimum absolute atomic E-state index is 0. The molecule has 8 heteroatoms. The van der Waals surface area contributed by atoms with Crippen molar-refractivity contribution in [1.82, 2.24) is 9.78 Å². The number of aromatic nitrogens is 2. The van der Waals surface area contributed by atoms with Crippen LogP contribution in [0, 0.1) is 0 Å². The van der Waals surface area contributed by atoms with Crippen LogP contribution >= 0.6 is 11.6 Å². The summed E-state index contributed by atoms with van der Waals surface area (Å²) in [5.41, 5.74) is 0. The summed E-state index contributed by atoms with van der Waals surface area (Å²) < 4.78 is 27.0. The zero-order chi connectivity index (χ0) is 9.14. The molecule has 0 fully saturated rings. The Morgan fingerprint density at radius 1 is 1.85 bits per heavy atom. The van der Waals surface area contributed by atoms with Crippen LogP contribution in [0.1, 0.15) is 0 Å². The van der Waals surface area contributed by atoms with Crippen LogP contribution in [0.3, 0.4) is 0 Å². The van der Waals surface area contributed by atoms with Gasteiger partial charge in [0.1, 0.15) is 11.8 Å². The first-order valence-corrected chi connectivity index (χ1v) is 4.41. The molecule has 0 aliphatic heterocycles. The van der Waals surface area contributed by atoms with Crippen LogP contribution in [0.15, 0.2) is 11.2 Å². The van der Waals surface area contributed by atoms with E-state index in [4.69, 9.17) is 16.3 Å². The van der Waals surface area contributed by atoms with Gasteiger partial charge in [-0.05, 0) is 11.1 Å². The molecule has 0 radical (unpaired) electrons. The largest absolute Gasteiger partial charge is 1.00 e. The van der Waals surface area contributed by atoms with Crippen molar-refractivity contribution >= 4 is 22.7 Å². The van der Waals surface area contributed by atoms with Gasteiger partial charge < -0.3 is 9.29 Å². The Bertz CT molecular complexity index is 306. The second kappa shape index (κ2) is 6.13. The third-order valence-corrected chi connectivity index (χ3v) is 2.29. The average Bonchev–Trinajstić information content (AvgIpc) is 2.32. The van der Waals surface area contributed by atoms with Crippen molar-refractivity contribution in [1.29, 1.82) is 0 Å². The maximum Gasteiger partial charge on any atom is 1.00 e. The van der Waals surface area contributed by atoms with Crippen molar-refractivity contribution in [2.75, 3.05) is 7.11 Å². The van der Waals surface area contributed by atoms with Crippen molar-refractivity contribution in [3.63, 3.8) is 0 Å². The van der Waals surface area contributed by atoms with Gasteiger partial charge in [0.25, 0.3) is 0 Å². The van der Waals surface area contributed by atoms with Crippen LogP contribution in [-0.2, 0) is 22.5 Å². The molecule has 1 heterocycles. The van der Waals surface area contributed by atoms with E-state index in [-0.39, 0.29) is 46.3 Å². The van der Waals surface area contributed by atoms with E-state index in [2.05, 4.69) is 5.10 Å². The summed E-state index contributed by atoms with van der Waals surface area (Å²) in [7, 11) is 1.44. The van der Waals surface area contributed by atoms with E-state index in [1.54, 1.807) is 0 Å². The SMILES string of the molecule is COCn1ncc(Cl)c1S(=O)[O-].[Na+]. The molecule has 68 valence electrons. The third kappa shape index (κ3) is 3.32. The van der Waals surface area contributed by atoms with E-state index in [0.717, 1.165) is 4.68 Å².